The summed E-state index contributed by atoms with van der Waals surface area (Å²) in [5.74, 6) is 1.65. The Bertz CT molecular complexity index is 193. The smallest absolute Gasteiger partial charge is 0.0925 e. The van der Waals surface area contributed by atoms with E-state index in [0.717, 1.165) is 12.8 Å². The Morgan fingerprint density at radius 3 is 2.62 bits per heavy atom. The number of amidine groups is 1. The van der Waals surface area contributed by atoms with Crippen LogP contribution in [-0.4, -0.2) is 31.7 Å². The van der Waals surface area contributed by atoms with E-state index in [2.05, 4.69) is 11.8 Å². The summed E-state index contributed by atoms with van der Waals surface area (Å²) in [5.41, 5.74) is 0. The lowest BCUT2D eigenvalue weighted by Crippen LogP contribution is -2.42. The average Bonchev–Trinajstić information content (AvgIpc) is 2.08. The predicted octanol–water partition coefficient (Wildman–Crippen LogP) is 2.06. The molecule has 2 radical (unpaired) electrons. The first kappa shape index (κ1) is 10.6. The molecule has 13 heavy (non-hydrogen) atoms. The van der Waals surface area contributed by atoms with Crippen molar-refractivity contribution in [1.29, 1.82) is 5.41 Å². The second-order valence-electron chi connectivity index (χ2n) is 4.31. The van der Waals surface area contributed by atoms with E-state index in [0.29, 0.717) is 23.6 Å². The summed E-state index contributed by atoms with van der Waals surface area (Å²) in [4.78, 5) is 2.06. The minimum atomic E-state index is 0.336. The van der Waals surface area contributed by atoms with Crippen molar-refractivity contribution in [2.45, 2.75) is 45.0 Å². The van der Waals surface area contributed by atoms with Gasteiger partial charge in [0.15, 0.2) is 0 Å². The van der Waals surface area contributed by atoms with Crippen molar-refractivity contribution >= 4 is 13.7 Å². The molecule has 0 aromatic carbocycles. The van der Waals surface area contributed by atoms with Crippen molar-refractivity contribution in [3.05, 3.63) is 0 Å². The summed E-state index contributed by atoms with van der Waals surface area (Å²) >= 11 is 0. The summed E-state index contributed by atoms with van der Waals surface area (Å²) < 4.78 is 0. The number of nitrogens with one attached hydrogen (secondary N) is 1. The van der Waals surface area contributed by atoms with Gasteiger partial charge in [-0.05, 0) is 25.7 Å². The van der Waals surface area contributed by atoms with Gasteiger partial charge >= 0.3 is 0 Å². The minimum Gasteiger partial charge on any atom is -0.361 e. The largest absolute Gasteiger partial charge is 0.361 e. The summed E-state index contributed by atoms with van der Waals surface area (Å²) in [7, 11) is 7.93. The Morgan fingerprint density at radius 2 is 2.08 bits per heavy atom. The van der Waals surface area contributed by atoms with Gasteiger partial charge in [-0.3, -0.25) is 5.41 Å². The van der Waals surface area contributed by atoms with E-state index in [1.807, 2.05) is 14.0 Å². The van der Waals surface area contributed by atoms with Crippen LogP contribution in [0.25, 0.3) is 0 Å². The van der Waals surface area contributed by atoms with E-state index in [1.165, 1.54) is 6.42 Å². The monoisotopic (exact) mass is 178 g/mol. The van der Waals surface area contributed by atoms with Gasteiger partial charge in [-0.2, -0.15) is 0 Å². The highest BCUT2D eigenvalue weighted by Gasteiger charge is 2.28. The van der Waals surface area contributed by atoms with Gasteiger partial charge in [-0.15, -0.1) is 0 Å². The van der Waals surface area contributed by atoms with E-state index in [-0.39, 0.29) is 0 Å². The molecule has 0 saturated heterocycles. The van der Waals surface area contributed by atoms with Crippen LogP contribution in [0.5, 0.6) is 0 Å². The highest BCUT2D eigenvalue weighted by Crippen LogP contribution is 2.33. The van der Waals surface area contributed by atoms with Crippen molar-refractivity contribution < 1.29 is 0 Å². The summed E-state index contributed by atoms with van der Waals surface area (Å²) in [5, 5.41) is 7.58. The van der Waals surface area contributed by atoms with Crippen LogP contribution in [0.3, 0.4) is 0 Å². The lowest BCUT2D eigenvalue weighted by Gasteiger charge is -2.39. The number of rotatable bonds is 1. The van der Waals surface area contributed by atoms with E-state index in [4.69, 9.17) is 13.3 Å². The maximum atomic E-state index is 7.58. The van der Waals surface area contributed by atoms with Gasteiger partial charge in [0.1, 0.15) is 0 Å². The molecule has 0 heterocycles. The zero-order chi connectivity index (χ0) is 10.0. The molecule has 0 aromatic rings. The lowest BCUT2D eigenvalue weighted by atomic mass is 9.69. The van der Waals surface area contributed by atoms with Gasteiger partial charge in [0.25, 0.3) is 0 Å². The second-order valence-corrected chi connectivity index (χ2v) is 4.31. The summed E-state index contributed by atoms with van der Waals surface area (Å²) in [6.07, 6.45) is 3.37. The molecule has 72 valence electrons. The fourth-order valence-electron chi connectivity index (χ4n) is 2.12. The molecule has 1 aliphatic rings. The molecular formula is C10H19BN2. The van der Waals surface area contributed by atoms with E-state index < -0.39 is 0 Å². The SMILES string of the molecule is [B][C@@H]1CC[C@H](C)C(N(C)C(C)=N)C1. The van der Waals surface area contributed by atoms with Crippen LogP contribution < -0.4 is 0 Å². The molecule has 3 atom stereocenters. The van der Waals surface area contributed by atoms with Crippen LogP contribution in [0.15, 0.2) is 0 Å². The highest BCUT2D eigenvalue weighted by molar-refractivity contribution is 6.11. The van der Waals surface area contributed by atoms with E-state index in [1.54, 1.807) is 0 Å². The fourth-order valence-corrected chi connectivity index (χ4v) is 2.12. The molecule has 0 bridgehead atoms. The first-order chi connectivity index (χ1) is 6.02. The van der Waals surface area contributed by atoms with Gasteiger partial charge < -0.3 is 4.90 Å². The van der Waals surface area contributed by atoms with Gasteiger partial charge in [0.05, 0.1) is 13.7 Å². The molecule has 1 saturated carbocycles. The molecular weight excluding hydrogens is 159 g/mol. The maximum Gasteiger partial charge on any atom is 0.0925 e. The van der Waals surface area contributed by atoms with Gasteiger partial charge in [-0.1, -0.05) is 19.2 Å². The second kappa shape index (κ2) is 4.16. The van der Waals surface area contributed by atoms with Crippen molar-refractivity contribution in [2.75, 3.05) is 7.05 Å². The number of nitrogens with zero attached hydrogens (tertiary/aromatic N) is 1. The Kier molecular flexibility index (Phi) is 3.40. The van der Waals surface area contributed by atoms with Crippen molar-refractivity contribution in [1.82, 2.24) is 4.90 Å². The number of hydrogen-bond acceptors (Lipinski definition) is 1. The number of hydrogen-bond donors (Lipinski definition) is 1. The predicted molar refractivity (Wildman–Crippen MR) is 57.5 cm³/mol. The molecule has 2 nitrogen and oxygen atoms in total. The van der Waals surface area contributed by atoms with Gasteiger partial charge in [-0.25, -0.2) is 0 Å². The van der Waals surface area contributed by atoms with E-state index >= 15 is 0 Å². The van der Waals surface area contributed by atoms with Crippen LogP contribution in [0.1, 0.15) is 33.1 Å². The van der Waals surface area contributed by atoms with E-state index in [9.17, 15) is 0 Å². The molecule has 1 N–H and O–H groups in total. The van der Waals surface area contributed by atoms with Gasteiger partial charge in [0.2, 0.25) is 0 Å². The molecule has 1 fully saturated rings. The third-order valence-electron chi connectivity index (χ3n) is 3.22. The Balaban J connectivity index is 2.60. The quantitative estimate of drug-likeness (QED) is 0.371. The summed E-state index contributed by atoms with van der Waals surface area (Å²) in [6.45, 7) is 4.10. The first-order valence-electron chi connectivity index (χ1n) is 5.06. The molecule has 1 aliphatic carbocycles. The maximum absolute atomic E-state index is 7.58. The Labute approximate surface area is 82.6 Å². The van der Waals surface area contributed by atoms with Crippen LogP contribution >= 0.6 is 0 Å². The lowest BCUT2D eigenvalue weighted by molar-refractivity contribution is 0.204. The zero-order valence-corrected chi connectivity index (χ0v) is 8.88. The summed E-state index contributed by atoms with van der Waals surface area (Å²) in [6, 6.07) is 0.473. The molecule has 0 amide bonds. The third-order valence-corrected chi connectivity index (χ3v) is 3.22. The average molecular weight is 178 g/mol. The molecule has 0 spiro atoms. The fraction of sp³-hybridized carbons (Fsp3) is 0.900. The molecule has 1 rings (SSSR count). The molecule has 3 heteroatoms. The van der Waals surface area contributed by atoms with Crippen LogP contribution in [-0.2, 0) is 0 Å². The Hall–Kier alpha value is -0.465. The van der Waals surface area contributed by atoms with Crippen LogP contribution in [0.4, 0.5) is 0 Å². The van der Waals surface area contributed by atoms with Crippen LogP contribution in [0, 0.1) is 11.3 Å². The topological polar surface area (TPSA) is 27.1 Å². The van der Waals surface area contributed by atoms with Crippen molar-refractivity contribution in [3.8, 4) is 0 Å². The standard InChI is InChI=1S/C10H19BN2/c1-7-4-5-9(11)6-10(7)13(3)8(2)12/h7,9-10,12H,4-6H2,1-3H3/t7-,9+,10?/m0/s1. The van der Waals surface area contributed by atoms with Crippen molar-refractivity contribution in [3.63, 3.8) is 0 Å². The third kappa shape index (κ3) is 2.49. The first-order valence-corrected chi connectivity index (χ1v) is 5.06. The van der Waals surface area contributed by atoms with Gasteiger partial charge in [0, 0.05) is 13.1 Å². The zero-order valence-electron chi connectivity index (χ0n) is 8.88. The minimum absolute atomic E-state index is 0.336. The Morgan fingerprint density at radius 1 is 1.46 bits per heavy atom. The molecule has 0 aliphatic heterocycles. The normalized spacial score (nSPS) is 34.2. The highest BCUT2D eigenvalue weighted by atomic mass is 15.2. The van der Waals surface area contributed by atoms with Crippen molar-refractivity contribution in [2.24, 2.45) is 5.92 Å². The van der Waals surface area contributed by atoms with Crippen LogP contribution in [0.2, 0.25) is 5.82 Å². The molecule has 1 unspecified atom stereocenters. The molecule has 0 aromatic heterocycles.